The Morgan fingerprint density at radius 2 is 2.10 bits per heavy atom. The summed E-state index contributed by atoms with van der Waals surface area (Å²) in [6, 6.07) is 12.3. The molecule has 1 aliphatic heterocycles. The van der Waals surface area contributed by atoms with Gasteiger partial charge in [0.05, 0.1) is 6.04 Å². The van der Waals surface area contributed by atoms with Crippen molar-refractivity contribution in [3.8, 4) is 0 Å². The van der Waals surface area contributed by atoms with Crippen LogP contribution in [0.4, 0.5) is 5.82 Å². The van der Waals surface area contributed by atoms with Gasteiger partial charge in [-0.05, 0) is 17.4 Å². The van der Waals surface area contributed by atoms with E-state index in [1.165, 1.54) is 17.3 Å². The van der Waals surface area contributed by atoms with Crippen molar-refractivity contribution < 1.29 is 0 Å². The fourth-order valence-electron chi connectivity index (χ4n) is 2.25. The van der Waals surface area contributed by atoms with Crippen LogP contribution in [0.15, 0.2) is 72.2 Å². The van der Waals surface area contributed by atoms with Crippen LogP contribution >= 0.6 is 11.8 Å². The molecule has 1 unspecified atom stereocenters. The average Bonchev–Trinajstić information content (AvgIpc) is 3.00. The summed E-state index contributed by atoms with van der Waals surface area (Å²) < 4.78 is 0. The van der Waals surface area contributed by atoms with Crippen molar-refractivity contribution in [2.75, 3.05) is 11.3 Å². The van der Waals surface area contributed by atoms with Crippen LogP contribution in [0.5, 0.6) is 0 Å². The Morgan fingerprint density at radius 1 is 1.29 bits per heavy atom. The monoisotopic (exact) mass is 296 g/mol. The number of benzene rings is 1. The average molecular weight is 296 g/mol. The highest BCUT2D eigenvalue weighted by molar-refractivity contribution is 7.98. The molecule has 0 amide bonds. The standard InChI is InChI=1S/C16H16N4S/c1-3-12-11-20(14-9-10-17-16(18-14)21-2)19-15(12)13-7-5-4-6-8-13/h3-11,15,19H,1H2,2H3. The minimum atomic E-state index is 0.0939. The van der Waals surface area contributed by atoms with Gasteiger partial charge in [0.2, 0.25) is 0 Å². The molecule has 0 saturated heterocycles. The van der Waals surface area contributed by atoms with Crippen molar-refractivity contribution in [3.63, 3.8) is 0 Å². The predicted molar refractivity (Wildman–Crippen MR) is 86.9 cm³/mol. The summed E-state index contributed by atoms with van der Waals surface area (Å²) in [5, 5.41) is 2.68. The predicted octanol–water partition coefficient (Wildman–Crippen LogP) is 3.33. The molecule has 4 nitrogen and oxygen atoms in total. The fraction of sp³-hybridized carbons (Fsp3) is 0.125. The summed E-state index contributed by atoms with van der Waals surface area (Å²) in [7, 11) is 0. The number of thioether (sulfide) groups is 1. The van der Waals surface area contributed by atoms with Gasteiger partial charge >= 0.3 is 0 Å². The van der Waals surface area contributed by atoms with E-state index >= 15 is 0 Å². The fourth-order valence-corrected chi connectivity index (χ4v) is 2.61. The summed E-state index contributed by atoms with van der Waals surface area (Å²) >= 11 is 1.53. The largest absolute Gasteiger partial charge is 0.266 e. The highest BCUT2D eigenvalue weighted by Crippen LogP contribution is 2.30. The third-order valence-electron chi connectivity index (χ3n) is 3.30. The zero-order valence-corrected chi connectivity index (χ0v) is 12.5. The van der Waals surface area contributed by atoms with E-state index in [1.54, 1.807) is 6.20 Å². The summed E-state index contributed by atoms with van der Waals surface area (Å²) in [4.78, 5) is 8.71. The van der Waals surface area contributed by atoms with Gasteiger partial charge < -0.3 is 0 Å². The maximum absolute atomic E-state index is 4.51. The Balaban J connectivity index is 1.90. The van der Waals surface area contributed by atoms with Crippen molar-refractivity contribution in [2.24, 2.45) is 0 Å². The number of hydrazine groups is 1. The van der Waals surface area contributed by atoms with E-state index in [4.69, 9.17) is 0 Å². The lowest BCUT2D eigenvalue weighted by molar-refractivity contribution is 0.650. The Bertz CT molecular complexity index is 669. The molecule has 2 aromatic rings. The minimum absolute atomic E-state index is 0.0939. The summed E-state index contributed by atoms with van der Waals surface area (Å²) in [5.74, 6) is 0.826. The van der Waals surface area contributed by atoms with Gasteiger partial charge in [-0.3, -0.25) is 5.01 Å². The van der Waals surface area contributed by atoms with Crippen LogP contribution in [0, 0.1) is 0 Å². The molecule has 0 radical (unpaired) electrons. The number of aromatic nitrogens is 2. The number of rotatable bonds is 4. The van der Waals surface area contributed by atoms with E-state index in [2.05, 4.69) is 34.1 Å². The SMILES string of the molecule is C=CC1=CN(c2ccnc(SC)n2)NC1c1ccccc1. The van der Waals surface area contributed by atoms with E-state index in [0.717, 1.165) is 16.5 Å². The molecule has 0 saturated carbocycles. The second-order valence-corrected chi connectivity index (χ2v) is 5.35. The Labute approximate surface area is 128 Å². The Hall–Kier alpha value is -2.11. The van der Waals surface area contributed by atoms with Gasteiger partial charge in [0.1, 0.15) is 0 Å². The first-order valence-corrected chi connectivity index (χ1v) is 7.86. The summed E-state index contributed by atoms with van der Waals surface area (Å²) in [6.07, 6.45) is 7.64. The number of nitrogens with zero attached hydrogens (tertiary/aromatic N) is 3. The van der Waals surface area contributed by atoms with Gasteiger partial charge in [0, 0.05) is 18.5 Å². The second-order valence-electron chi connectivity index (χ2n) is 4.58. The van der Waals surface area contributed by atoms with Crippen LogP contribution in [0.25, 0.3) is 0 Å². The van der Waals surface area contributed by atoms with E-state index < -0.39 is 0 Å². The first-order chi connectivity index (χ1) is 10.3. The molecular weight excluding hydrogens is 280 g/mol. The molecule has 0 bridgehead atoms. The molecule has 0 fully saturated rings. The molecule has 21 heavy (non-hydrogen) atoms. The lowest BCUT2D eigenvalue weighted by atomic mass is 10.0. The van der Waals surface area contributed by atoms with Crippen molar-refractivity contribution in [1.29, 1.82) is 0 Å². The molecule has 2 heterocycles. The van der Waals surface area contributed by atoms with Gasteiger partial charge in [-0.1, -0.05) is 54.7 Å². The van der Waals surface area contributed by atoms with Crippen molar-refractivity contribution in [1.82, 2.24) is 15.4 Å². The van der Waals surface area contributed by atoms with Crippen LogP contribution in [0.1, 0.15) is 11.6 Å². The van der Waals surface area contributed by atoms with E-state index in [1.807, 2.05) is 47.8 Å². The van der Waals surface area contributed by atoms with Crippen LogP contribution < -0.4 is 10.4 Å². The van der Waals surface area contributed by atoms with Crippen molar-refractivity contribution in [3.05, 3.63) is 72.6 Å². The number of hydrogen-bond donors (Lipinski definition) is 1. The molecule has 0 aliphatic carbocycles. The highest BCUT2D eigenvalue weighted by Gasteiger charge is 2.25. The number of hydrogen-bond acceptors (Lipinski definition) is 5. The number of anilines is 1. The molecule has 1 aromatic carbocycles. The van der Waals surface area contributed by atoms with Crippen LogP contribution in [-0.4, -0.2) is 16.2 Å². The van der Waals surface area contributed by atoms with Crippen LogP contribution in [-0.2, 0) is 0 Å². The summed E-state index contributed by atoms with van der Waals surface area (Å²) in [5.41, 5.74) is 5.76. The first-order valence-electron chi connectivity index (χ1n) is 6.63. The third-order valence-corrected chi connectivity index (χ3v) is 3.86. The Kier molecular flexibility index (Phi) is 4.03. The zero-order chi connectivity index (χ0) is 14.7. The van der Waals surface area contributed by atoms with E-state index in [0.29, 0.717) is 0 Å². The van der Waals surface area contributed by atoms with Crippen molar-refractivity contribution >= 4 is 17.6 Å². The van der Waals surface area contributed by atoms with Gasteiger partial charge in [-0.25, -0.2) is 15.4 Å². The summed E-state index contributed by atoms with van der Waals surface area (Å²) in [6.45, 7) is 3.91. The molecule has 5 heteroatoms. The van der Waals surface area contributed by atoms with Crippen LogP contribution in [0.3, 0.4) is 0 Å². The molecule has 3 rings (SSSR count). The van der Waals surface area contributed by atoms with E-state index in [9.17, 15) is 0 Å². The first kappa shape index (κ1) is 13.9. The molecule has 1 N–H and O–H groups in total. The van der Waals surface area contributed by atoms with Crippen molar-refractivity contribution in [2.45, 2.75) is 11.2 Å². The zero-order valence-electron chi connectivity index (χ0n) is 11.7. The Morgan fingerprint density at radius 3 is 2.81 bits per heavy atom. The normalized spacial score (nSPS) is 17.7. The lowest BCUT2D eigenvalue weighted by Gasteiger charge is -2.19. The highest BCUT2D eigenvalue weighted by atomic mass is 32.2. The minimum Gasteiger partial charge on any atom is -0.266 e. The lowest BCUT2D eigenvalue weighted by Crippen LogP contribution is -2.31. The maximum atomic E-state index is 4.51. The molecule has 106 valence electrons. The maximum Gasteiger partial charge on any atom is 0.189 e. The molecular formula is C16H16N4S. The van der Waals surface area contributed by atoms with Gasteiger partial charge in [-0.2, -0.15) is 0 Å². The van der Waals surface area contributed by atoms with E-state index in [-0.39, 0.29) is 6.04 Å². The van der Waals surface area contributed by atoms with Crippen LogP contribution in [0.2, 0.25) is 0 Å². The topological polar surface area (TPSA) is 41.1 Å². The molecule has 1 aliphatic rings. The molecule has 1 atom stereocenters. The number of nitrogens with one attached hydrogen (secondary N) is 1. The third kappa shape index (κ3) is 2.84. The second kappa shape index (κ2) is 6.11. The molecule has 1 aromatic heterocycles. The van der Waals surface area contributed by atoms with Gasteiger partial charge in [0.15, 0.2) is 11.0 Å². The van der Waals surface area contributed by atoms with Gasteiger partial charge in [0.25, 0.3) is 0 Å². The smallest absolute Gasteiger partial charge is 0.189 e. The van der Waals surface area contributed by atoms with Gasteiger partial charge in [-0.15, -0.1) is 0 Å². The quantitative estimate of drug-likeness (QED) is 0.692. The molecule has 0 spiro atoms.